The van der Waals surface area contributed by atoms with Crippen LogP contribution in [0, 0.1) is 27.7 Å². The first-order valence-electron chi connectivity index (χ1n) is 10.2. The van der Waals surface area contributed by atoms with Crippen LogP contribution in [0.3, 0.4) is 0 Å². The van der Waals surface area contributed by atoms with Gasteiger partial charge in [-0.2, -0.15) is 0 Å². The van der Waals surface area contributed by atoms with Gasteiger partial charge in [-0.25, -0.2) is 0 Å². The molecule has 0 radical (unpaired) electrons. The summed E-state index contributed by atoms with van der Waals surface area (Å²) >= 11 is 0. The molecule has 6 heteroatoms. The minimum atomic E-state index is -4.25. The van der Waals surface area contributed by atoms with Crippen molar-refractivity contribution in [1.29, 1.82) is 0 Å². The number of benzene rings is 3. The Bertz CT molecular complexity index is 1240. The fraction of sp³-hybridized carbons (Fsp3) is 0.231. The van der Waals surface area contributed by atoms with Crippen molar-refractivity contribution in [3.63, 3.8) is 0 Å². The van der Waals surface area contributed by atoms with Gasteiger partial charge in [0.2, 0.25) is 18.2 Å². The molecule has 0 aliphatic rings. The molecule has 3 aromatic carbocycles. The van der Waals surface area contributed by atoms with E-state index < -0.39 is 18.2 Å². The number of methoxy groups -OCH3 is 2. The number of hydrogen-bond acceptors (Lipinski definition) is 5. The average molecular weight is 450 g/mol. The van der Waals surface area contributed by atoms with Gasteiger partial charge in [-0.1, -0.05) is 36.4 Å². The van der Waals surface area contributed by atoms with Crippen LogP contribution >= 0.6 is 7.14 Å². The second-order valence-electron chi connectivity index (χ2n) is 7.76. The maximum absolute atomic E-state index is 14.6. The van der Waals surface area contributed by atoms with Crippen LogP contribution < -0.4 is 14.8 Å². The molecule has 0 spiro atoms. The number of carbonyl (C=O) groups excluding carboxylic acids is 2. The summed E-state index contributed by atoms with van der Waals surface area (Å²) in [7, 11) is -1.33. The molecular weight excluding hydrogens is 423 g/mol. The number of hydrogen-bond donors (Lipinski definition) is 0. The van der Waals surface area contributed by atoms with Gasteiger partial charge in [-0.15, -0.1) is 0 Å². The zero-order valence-electron chi connectivity index (χ0n) is 19.2. The maximum Gasteiger partial charge on any atom is 0.248 e. The third-order valence-corrected chi connectivity index (χ3v) is 8.54. The molecule has 0 aliphatic heterocycles. The van der Waals surface area contributed by atoms with Crippen molar-refractivity contribution in [2.75, 3.05) is 14.2 Å². The summed E-state index contributed by atoms with van der Waals surface area (Å²) < 4.78 is 25.1. The van der Waals surface area contributed by atoms with E-state index in [1.54, 1.807) is 49.4 Å². The molecule has 0 amide bonds. The maximum atomic E-state index is 14.6. The summed E-state index contributed by atoms with van der Waals surface area (Å²) in [6.07, 6.45) is 0. The van der Waals surface area contributed by atoms with Crippen molar-refractivity contribution in [2.24, 2.45) is 0 Å². The summed E-state index contributed by atoms with van der Waals surface area (Å²) in [6.45, 7) is 7.52. The van der Waals surface area contributed by atoms with Crippen LogP contribution in [-0.2, 0) is 4.57 Å². The van der Waals surface area contributed by atoms with E-state index in [1.165, 1.54) is 20.3 Å². The Morgan fingerprint density at radius 1 is 0.750 bits per heavy atom. The molecule has 3 aromatic rings. The summed E-state index contributed by atoms with van der Waals surface area (Å²) in [5.74, 6) is 0.687. The van der Waals surface area contributed by atoms with E-state index in [1.807, 2.05) is 26.8 Å². The van der Waals surface area contributed by atoms with E-state index in [2.05, 4.69) is 0 Å². The van der Waals surface area contributed by atoms with Crippen LogP contribution in [0.4, 0.5) is 0 Å². The zero-order valence-corrected chi connectivity index (χ0v) is 20.1. The van der Waals surface area contributed by atoms with E-state index in [9.17, 15) is 14.2 Å². The van der Waals surface area contributed by atoms with Crippen molar-refractivity contribution >= 4 is 23.5 Å². The lowest BCUT2D eigenvalue weighted by molar-refractivity contribution is 0.103. The third-order valence-electron chi connectivity index (χ3n) is 5.90. The van der Waals surface area contributed by atoms with Gasteiger partial charge in [0.15, 0.2) is 0 Å². The SMILES string of the molecule is COc1ccc(C(=O)P(=O)(C(=O)c2c(C)cc(C)c(C)c2C)c2ccccc2)c(OC)c1. The zero-order chi connectivity index (χ0) is 23.6. The fourth-order valence-corrected chi connectivity index (χ4v) is 6.31. The summed E-state index contributed by atoms with van der Waals surface area (Å²) in [5, 5.41) is 0.199. The molecule has 32 heavy (non-hydrogen) atoms. The molecular formula is C26H27O5P. The quantitative estimate of drug-likeness (QED) is 0.438. The van der Waals surface area contributed by atoms with Crippen LogP contribution in [0.2, 0.25) is 0 Å². The number of rotatable bonds is 7. The second-order valence-corrected chi connectivity index (χ2v) is 10.3. The first-order chi connectivity index (χ1) is 15.2. The van der Waals surface area contributed by atoms with Crippen molar-refractivity contribution in [1.82, 2.24) is 0 Å². The largest absolute Gasteiger partial charge is 0.497 e. The average Bonchev–Trinajstić information content (AvgIpc) is 2.81. The highest BCUT2D eigenvalue weighted by Gasteiger charge is 2.44. The molecule has 0 N–H and O–H groups in total. The summed E-state index contributed by atoms with van der Waals surface area (Å²) in [6, 6.07) is 14.7. The number of aryl methyl sites for hydroxylation is 2. The lowest BCUT2D eigenvalue weighted by Crippen LogP contribution is -2.22. The number of carbonyl (C=O) groups is 2. The van der Waals surface area contributed by atoms with E-state index in [4.69, 9.17) is 9.47 Å². The Labute approximate surface area is 188 Å². The Hall–Kier alpha value is -3.17. The highest BCUT2D eigenvalue weighted by molar-refractivity contribution is 8.01. The Kier molecular flexibility index (Phi) is 6.71. The predicted octanol–water partition coefficient (Wildman–Crippen LogP) is 5.61. The lowest BCUT2D eigenvalue weighted by atomic mass is 9.95. The van der Waals surface area contributed by atoms with Crippen LogP contribution in [0.15, 0.2) is 54.6 Å². The summed E-state index contributed by atoms with van der Waals surface area (Å²) in [5.41, 5.74) is 2.39. The van der Waals surface area contributed by atoms with E-state index in [0.717, 1.165) is 16.7 Å². The predicted molar refractivity (Wildman–Crippen MR) is 127 cm³/mol. The van der Waals surface area contributed by atoms with Gasteiger partial charge >= 0.3 is 0 Å². The van der Waals surface area contributed by atoms with Crippen LogP contribution in [0.25, 0.3) is 0 Å². The van der Waals surface area contributed by atoms with Crippen molar-refractivity contribution in [2.45, 2.75) is 27.7 Å². The Morgan fingerprint density at radius 3 is 2.00 bits per heavy atom. The van der Waals surface area contributed by atoms with Gasteiger partial charge in [-0.05, 0) is 62.1 Å². The molecule has 1 atom stereocenters. The molecule has 0 aliphatic carbocycles. The molecule has 5 nitrogen and oxygen atoms in total. The first kappa shape index (κ1) is 23.5. The highest BCUT2D eigenvalue weighted by atomic mass is 31.2. The Morgan fingerprint density at radius 2 is 1.41 bits per heavy atom. The molecule has 166 valence electrons. The van der Waals surface area contributed by atoms with Gasteiger partial charge < -0.3 is 14.0 Å². The lowest BCUT2D eigenvalue weighted by Gasteiger charge is -2.21. The normalized spacial score (nSPS) is 12.7. The molecule has 1 unspecified atom stereocenters. The molecule has 0 saturated heterocycles. The molecule has 0 bridgehead atoms. The van der Waals surface area contributed by atoms with Crippen LogP contribution in [0.1, 0.15) is 43.0 Å². The van der Waals surface area contributed by atoms with Crippen molar-refractivity contribution in [3.05, 3.63) is 88.0 Å². The first-order valence-corrected chi connectivity index (χ1v) is 11.9. The van der Waals surface area contributed by atoms with E-state index >= 15 is 0 Å². The van der Waals surface area contributed by atoms with Gasteiger partial charge in [0.25, 0.3) is 0 Å². The fourth-order valence-electron chi connectivity index (χ4n) is 3.88. The molecule has 0 fully saturated rings. The van der Waals surface area contributed by atoms with Gasteiger partial charge in [0, 0.05) is 16.9 Å². The monoisotopic (exact) mass is 450 g/mol. The van der Waals surface area contributed by atoms with Crippen LogP contribution in [-0.4, -0.2) is 25.3 Å². The minimum Gasteiger partial charge on any atom is -0.497 e. The number of ether oxygens (including phenoxy) is 2. The van der Waals surface area contributed by atoms with E-state index in [0.29, 0.717) is 16.9 Å². The standard InChI is InChI=1S/C26H27O5P/c1-16-14-17(2)24(19(4)18(16)3)26(28)32(29,21-10-8-7-9-11-21)25(27)22-13-12-20(30-5)15-23(22)31-6/h7-15H,1-6H3. The molecule has 0 heterocycles. The molecule has 0 saturated carbocycles. The van der Waals surface area contributed by atoms with Gasteiger partial charge in [0.1, 0.15) is 11.5 Å². The molecule has 3 rings (SSSR count). The van der Waals surface area contributed by atoms with Crippen molar-refractivity contribution in [3.8, 4) is 11.5 Å². The van der Waals surface area contributed by atoms with Gasteiger partial charge in [-0.3, -0.25) is 9.59 Å². The van der Waals surface area contributed by atoms with Gasteiger partial charge in [0.05, 0.1) is 19.8 Å². The van der Waals surface area contributed by atoms with Crippen molar-refractivity contribution < 1.29 is 23.6 Å². The summed E-state index contributed by atoms with van der Waals surface area (Å²) in [4.78, 5) is 27.8. The smallest absolute Gasteiger partial charge is 0.248 e. The highest BCUT2D eigenvalue weighted by Crippen LogP contribution is 2.53. The molecule has 0 aromatic heterocycles. The van der Waals surface area contributed by atoms with Crippen LogP contribution in [0.5, 0.6) is 11.5 Å². The van der Waals surface area contributed by atoms with E-state index in [-0.39, 0.29) is 16.6 Å². The Balaban J connectivity index is 2.29. The second kappa shape index (κ2) is 9.13. The third kappa shape index (κ3) is 3.89. The minimum absolute atomic E-state index is 0.0768. The topological polar surface area (TPSA) is 69.7 Å².